The molecule has 0 aromatic heterocycles. The Hall–Kier alpha value is -3.02. The molecule has 0 heterocycles. The zero-order chi connectivity index (χ0) is 38.0. The number of phenolic OH excluding ortho intramolecular Hbond substituents is 2. The third-order valence-corrected chi connectivity index (χ3v) is 10.8. The minimum Gasteiger partial charge on any atom is -0.508 e. The zero-order valence-electron chi connectivity index (χ0n) is 33.9. The second kappa shape index (κ2) is 27.6. The molecule has 0 saturated heterocycles. The molecule has 3 atom stereocenters. The number of carbonyl (C=O) groups is 2. The lowest BCUT2D eigenvalue weighted by molar-refractivity contribution is -0.121. The van der Waals surface area contributed by atoms with Gasteiger partial charge in [-0.25, -0.2) is 0 Å². The number of hydrogen-bond acceptors (Lipinski definition) is 4. The minimum atomic E-state index is -0.291. The van der Waals surface area contributed by atoms with Crippen LogP contribution in [-0.4, -0.2) is 22.0 Å². The Morgan fingerprint density at radius 2 is 0.885 bits per heavy atom. The van der Waals surface area contributed by atoms with Crippen molar-refractivity contribution in [3.05, 3.63) is 47.5 Å². The molecular formula is C46H76N2O4. The first-order valence-electron chi connectivity index (χ1n) is 21.5. The van der Waals surface area contributed by atoms with Crippen LogP contribution in [0.1, 0.15) is 206 Å². The van der Waals surface area contributed by atoms with Gasteiger partial charge < -0.3 is 20.8 Å². The monoisotopic (exact) mass is 721 g/mol. The van der Waals surface area contributed by atoms with E-state index >= 15 is 0 Å². The molecule has 4 N–H and O–H groups in total. The third kappa shape index (κ3) is 18.1. The molecule has 6 nitrogen and oxygen atoms in total. The third-order valence-electron chi connectivity index (χ3n) is 10.8. The average molecular weight is 721 g/mol. The van der Waals surface area contributed by atoms with Gasteiger partial charge in [0.25, 0.3) is 0 Å². The summed E-state index contributed by atoms with van der Waals surface area (Å²) in [6.45, 7) is 10.9. The average Bonchev–Trinajstić information content (AvgIpc) is 3.13. The first-order valence-corrected chi connectivity index (χ1v) is 21.5. The molecule has 52 heavy (non-hydrogen) atoms. The molecule has 294 valence electrons. The molecule has 0 bridgehead atoms. The topological polar surface area (TPSA) is 98.7 Å². The fourth-order valence-electron chi connectivity index (χ4n) is 7.39. The van der Waals surface area contributed by atoms with Gasteiger partial charge in [-0.3, -0.25) is 9.59 Å². The van der Waals surface area contributed by atoms with Crippen molar-refractivity contribution in [1.29, 1.82) is 0 Å². The lowest BCUT2D eigenvalue weighted by Gasteiger charge is -2.21. The molecular weight excluding hydrogens is 645 g/mol. The van der Waals surface area contributed by atoms with Crippen LogP contribution in [0.15, 0.2) is 36.4 Å². The molecule has 0 aliphatic carbocycles. The molecule has 2 amide bonds. The normalized spacial score (nSPS) is 13.1. The lowest BCUT2D eigenvalue weighted by Crippen LogP contribution is -2.24. The van der Waals surface area contributed by atoms with Crippen LogP contribution in [0.4, 0.5) is 11.4 Å². The highest BCUT2D eigenvalue weighted by Gasteiger charge is 2.22. The van der Waals surface area contributed by atoms with Gasteiger partial charge in [0.15, 0.2) is 0 Å². The van der Waals surface area contributed by atoms with E-state index in [0.29, 0.717) is 16.9 Å². The van der Waals surface area contributed by atoms with Crippen LogP contribution in [0.2, 0.25) is 0 Å². The molecule has 2 aromatic carbocycles. The predicted molar refractivity (Wildman–Crippen MR) is 221 cm³/mol. The van der Waals surface area contributed by atoms with Gasteiger partial charge >= 0.3 is 0 Å². The Kier molecular flexibility index (Phi) is 23.9. The highest BCUT2D eigenvalue weighted by atomic mass is 16.3. The number of nitrogens with one attached hydrogen (secondary N) is 2. The maximum atomic E-state index is 13.9. The Balaban J connectivity index is 2.35. The fourth-order valence-corrected chi connectivity index (χ4v) is 7.39. The van der Waals surface area contributed by atoms with Crippen LogP contribution in [0.3, 0.4) is 0 Å². The van der Waals surface area contributed by atoms with Crippen molar-refractivity contribution in [1.82, 2.24) is 0 Å². The van der Waals surface area contributed by atoms with Crippen molar-refractivity contribution < 1.29 is 19.8 Å². The van der Waals surface area contributed by atoms with E-state index in [1.807, 2.05) is 25.1 Å². The molecule has 2 rings (SSSR count). The Labute approximate surface area is 318 Å². The molecule has 0 aliphatic heterocycles. The highest BCUT2D eigenvalue weighted by molar-refractivity contribution is 5.96. The van der Waals surface area contributed by atoms with Gasteiger partial charge in [-0.2, -0.15) is 0 Å². The van der Waals surface area contributed by atoms with Gasteiger partial charge in [0.1, 0.15) is 11.5 Å². The molecule has 0 radical (unpaired) electrons. The van der Waals surface area contributed by atoms with E-state index in [1.165, 1.54) is 89.2 Å². The molecule has 0 spiro atoms. The summed E-state index contributed by atoms with van der Waals surface area (Å²) in [5.41, 5.74) is 2.75. The lowest BCUT2D eigenvalue weighted by atomic mass is 9.90. The van der Waals surface area contributed by atoms with Crippen molar-refractivity contribution >= 4 is 23.2 Å². The first kappa shape index (κ1) is 45.1. The van der Waals surface area contributed by atoms with Crippen molar-refractivity contribution in [2.45, 2.75) is 195 Å². The van der Waals surface area contributed by atoms with Gasteiger partial charge in [0.2, 0.25) is 11.8 Å². The van der Waals surface area contributed by atoms with Crippen LogP contribution in [0.5, 0.6) is 11.5 Å². The summed E-state index contributed by atoms with van der Waals surface area (Å²) >= 11 is 0. The summed E-state index contributed by atoms with van der Waals surface area (Å²) < 4.78 is 0. The smallest absolute Gasteiger partial charge is 0.227 e. The number of amides is 2. The molecule has 0 fully saturated rings. The number of anilines is 2. The summed E-state index contributed by atoms with van der Waals surface area (Å²) in [6.07, 6.45) is 27.1. The van der Waals surface area contributed by atoms with Gasteiger partial charge in [0, 0.05) is 34.7 Å². The van der Waals surface area contributed by atoms with Crippen LogP contribution >= 0.6 is 0 Å². The van der Waals surface area contributed by atoms with E-state index in [2.05, 4.69) is 38.3 Å². The number of rotatable bonds is 30. The van der Waals surface area contributed by atoms with E-state index < -0.39 is 0 Å². The van der Waals surface area contributed by atoms with E-state index in [1.54, 1.807) is 6.07 Å². The van der Waals surface area contributed by atoms with E-state index in [4.69, 9.17) is 0 Å². The number of benzene rings is 2. The maximum absolute atomic E-state index is 13.9. The number of aromatic hydroxyl groups is 2. The number of unbranched alkanes of at least 4 members (excludes halogenated alkanes) is 16. The maximum Gasteiger partial charge on any atom is 0.227 e. The first-order chi connectivity index (χ1) is 25.2. The summed E-state index contributed by atoms with van der Waals surface area (Å²) in [5.74, 6) is -0.125. The molecule has 0 saturated carbocycles. The minimum absolute atomic E-state index is 0.0456. The predicted octanol–water partition coefficient (Wildman–Crippen LogP) is 13.8. The van der Waals surface area contributed by atoms with E-state index in [9.17, 15) is 19.8 Å². The van der Waals surface area contributed by atoms with Gasteiger partial charge in [-0.15, -0.1) is 0 Å². The second-order valence-corrected chi connectivity index (χ2v) is 15.5. The van der Waals surface area contributed by atoms with Gasteiger partial charge in [-0.05, 0) is 67.6 Å². The summed E-state index contributed by atoms with van der Waals surface area (Å²) in [6, 6.07) is 10.4. The molecule has 6 heteroatoms. The van der Waals surface area contributed by atoms with Crippen molar-refractivity contribution in [2.24, 2.45) is 11.8 Å². The zero-order valence-corrected chi connectivity index (χ0v) is 33.9. The van der Waals surface area contributed by atoms with Crippen molar-refractivity contribution in [3.8, 4) is 11.5 Å². The van der Waals surface area contributed by atoms with Crippen LogP contribution < -0.4 is 10.6 Å². The van der Waals surface area contributed by atoms with Crippen LogP contribution in [0, 0.1) is 11.8 Å². The Morgan fingerprint density at radius 1 is 0.519 bits per heavy atom. The SMILES string of the molecule is CCCCCCCCC(CCCCCC)C(=O)Nc1cc(NC(=O)C(CCCCCC)CCCCCCCC)cc(C(C)c2cc(O)ccc2O)c1. The highest BCUT2D eigenvalue weighted by Crippen LogP contribution is 2.36. The van der Waals surface area contributed by atoms with E-state index in [-0.39, 0.29) is 41.1 Å². The summed E-state index contributed by atoms with van der Waals surface area (Å²) in [7, 11) is 0. The summed E-state index contributed by atoms with van der Waals surface area (Å²) in [5, 5.41) is 27.5. The van der Waals surface area contributed by atoms with Crippen LogP contribution in [-0.2, 0) is 9.59 Å². The Morgan fingerprint density at radius 3 is 1.29 bits per heavy atom. The van der Waals surface area contributed by atoms with E-state index in [0.717, 1.165) is 82.6 Å². The molecule has 0 aliphatic rings. The summed E-state index contributed by atoms with van der Waals surface area (Å²) in [4.78, 5) is 27.9. The second-order valence-electron chi connectivity index (χ2n) is 15.5. The number of carbonyl (C=O) groups excluding carboxylic acids is 2. The van der Waals surface area contributed by atoms with Crippen molar-refractivity contribution in [2.75, 3.05) is 10.6 Å². The quantitative estimate of drug-likeness (QED) is 0.0477. The van der Waals surface area contributed by atoms with Crippen molar-refractivity contribution in [3.63, 3.8) is 0 Å². The molecule has 3 unspecified atom stereocenters. The van der Waals surface area contributed by atoms with Crippen LogP contribution in [0.25, 0.3) is 0 Å². The van der Waals surface area contributed by atoms with Gasteiger partial charge in [0.05, 0.1) is 0 Å². The van der Waals surface area contributed by atoms with Gasteiger partial charge in [-0.1, -0.05) is 163 Å². The Bertz CT molecular complexity index is 1200. The fraction of sp³-hybridized carbons (Fsp3) is 0.696. The number of hydrogen-bond donors (Lipinski definition) is 4. The molecule has 2 aromatic rings. The number of phenols is 2. The standard InChI is InChI=1S/C46H76N2O4/c1-6-10-14-18-20-24-28-37(26-22-16-12-8-3)45(51)47-40-32-39(36(5)43-35-42(49)30-31-44(43)50)33-41(34-40)48-46(52)38(27-23-17-13-9-4)29-25-21-19-15-11-7-2/h30-38,49-50H,6-29H2,1-5H3,(H,47,51)(H,48,52). The largest absolute Gasteiger partial charge is 0.508 e.